The number of nitrogens with one attached hydrogen (secondary N) is 1. The fraction of sp³-hybridized carbons (Fsp3) is 0.278. The van der Waals surface area contributed by atoms with E-state index in [0.717, 1.165) is 16.9 Å². The number of hydrogen-bond donors (Lipinski definition) is 1. The van der Waals surface area contributed by atoms with E-state index >= 15 is 0 Å². The molecule has 20 heavy (non-hydrogen) atoms. The summed E-state index contributed by atoms with van der Waals surface area (Å²) in [6.07, 6.45) is 0. The Labute approximate surface area is 119 Å². The molecule has 2 nitrogen and oxygen atoms in total. The summed E-state index contributed by atoms with van der Waals surface area (Å²) in [7, 11) is 0. The quantitative estimate of drug-likeness (QED) is 0.725. The van der Waals surface area contributed by atoms with Crippen molar-refractivity contribution < 1.29 is 0 Å². The lowest BCUT2D eigenvalue weighted by molar-refractivity contribution is 0.601. The summed E-state index contributed by atoms with van der Waals surface area (Å²) < 4.78 is 0. The van der Waals surface area contributed by atoms with E-state index in [1.165, 1.54) is 16.7 Å². The zero-order chi connectivity index (χ0) is 14.3. The van der Waals surface area contributed by atoms with Gasteiger partial charge in [0.25, 0.3) is 0 Å². The number of hydrogen-bond acceptors (Lipinski definition) is 1. The summed E-state index contributed by atoms with van der Waals surface area (Å²) in [6, 6.07) is 14.9. The van der Waals surface area contributed by atoms with Crippen LogP contribution in [0.15, 0.2) is 42.5 Å². The van der Waals surface area contributed by atoms with E-state index in [2.05, 4.69) is 69.1 Å². The van der Waals surface area contributed by atoms with Gasteiger partial charge in [-0.05, 0) is 50.5 Å². The maximum atomic E-state index is 4.85. The molecule has 0 radical (unpaired) electrons. The molecule has 0 saturated heterocycles. The largest absolute Gasteiger partial charge is 0.341 e. The minimum Gasteiger partial charge on any atom is -0.341 e. The second kappa shape index (κ2) is 4.48. The van der Waals surface area contributed by atoms with E-state index in [9.17, 15) is 0 Å². The smallest absolute Gasteiger partial charge is 0.117 e. The first kappa shape index (κ1) is 12.9. The Kier molecular flexibility index (Phi) is 2.89. The van der Waals surface area contributed by atoms with Gasteiger partial charge in [-0.3, -0.25) is 0 Å². The topological polar surface area (TPSA) is 28.7 Å². The zero-order valence-electron chi connectivity index (χ0n) is 12.5. The van der Waals surface area contributed by atoms with Crippen LogP contribution in [0.3, 0.4) is 0 Å². The zero-order valence-corrected chi connectivity index (χ0v) is 12.5. The van der Waals surface area contributed by atoms with E-state index in [4.69, 9.17) is 4.98 Å². The third kappa shape index (κ3) is 2.01. The lowest BCUT2D eigenvalue weighted by atomic mass is 9.84. The molecule has 0 bridgehead atoms. The number of imidazole rings is 1. The van der Waals surface area contributed by atoms with Gasteiger partial charge in [-0.2, -0.15) is 0 Å². The number of nitrogens with zero attached hydrogens (tertiary/aromatic N) is 1. The highest BCUT2D eigenvalue weighted by molar-refractivity contribution is 5.79. The minimum atomic E-state index is -0.124. The SMILES string of the molecule is Cc1cc(C)c2nc(C(C)(C)c3ccccc3)[nH]c2c1. The van der Waals surface area contributed by atoms with Crippen LogP contribution >= 0.6 is 0 Å². The number of benzene rings is 2. The molecule has 0 saturated carbocycles. The first-order valence-electron chi connectivity index (χ1n) is 7.01. The number of aryl methyl sites for hydroxylation is 2. The maximum absolute atomic E-state index is 4.85. The highest BCUT2D eigenvalue weighted by Gasteiger charge is 2.26. The van der Waals surface area contributed by atoms with Crippen molar-refractivity contribution in [1.29, 1.82) is 0 Å². The van der Waals surface area contributed by atoms with Crippen LogP contribution in [-0.2, 0) is 5.41 Å². The van der Waals surface area contributed by atoms with Gasteiger partial charge >= 0.3 is 0 Å². The first-order chi connectivity index (χ1) is 9.48. The van der Waals surface area contributed by atoms with Crippen molar-refractivity contribution in [3.63, 3.8) is 0 Å². The Bertz CT molecular complexity index is 752. The van der Waals surface area contributed by atoms with Crippen LogP contribution in [0.5, 0.6) is 0 Å². The van der Waals surface area contributed by atoms with Crippen LogP contribution in [0.1, 0.15) is 36.4 Å². The van der Waals surface area contributed by atoms with Gasteiger partial charge in [-0.15, -0.1) is 0 Å². The maximum Gasteiger partial charge on any atom is 0.117 e. The van der Waals surface area contributed by atoms with Crippen LogP contribution in [0.25, 0.3) is 11.0 Å². The van der Waals surface area contributed by atoms with Crippen molar-refractivity contribution in [3.8, 4) is 0 Å². The van der Waals surface area contributed by atoms with Gasteiger partial charge in [0.1, 0.15) is 5.82 Å². The highest BCUT2D eigenvalue weighted by Crippen LogP contribution is 2.31. The Hall–Kier alpha value is -2.09. The van der Waals surface area contributed by atoms with Crippen molar-refractivity contribution >= 4 is 11.0 Å². The first-order valence-corrected chi connectivity index (χ1v) is 7.01. The van der Waals surface area contributed by atoms with Gasteiger partial charge in [0, 0.05) is 5.41 Å². The average molecular weight is 264 g/mol. The van der Waals surface area contributed by atoms with Gasteiger partial charge < -0.3 is 4.98 Å². The van der Waals surface area contributed by atoms with Crippen molar-refractivity contribution in [2.45, 2.75) is 33.1 Å². The number of fused-ring (bicyclic) bond motifs is 1. The fourth-order valence-corrected chi connectivity index (χ4v) is 2.76. The fourth-order valence-electron chi connectivity index (χ4n) is 2.76. The number of aromatic nitrogens is 2. The van der Waals surface area contributed by atoms with E-state index < -0.39 is 0 Å². The Balaban J connectivity index is 2.17. The van der Waals surface area contributed by atoms with E-state index in [1.807, 2.05) is 6.07 Å². The van der Waals surface area contributed by atoms with Gasteiger partial charge in [0.15, 0.2) is 0 Å². The summed E-state index contributed by atoms with van der Waals surface area (Å²) >= 11 is 0. The summed E-state index contributed by atoms with van der Waals surface area (Å²) in [6.45, 7) is 8.66. The van der Waals surface area contributed by atoms with Crippen molar-refractivity contribution in [3.05, 3.63) is 65.0 Å². The van der Waals surface area contributed by atoms with Gasteiger partial charge in [-0.1, -0.05) is 36.4 Å². The molecule has 0 spiro atoms. The molecule has 0 aliphatic heterocycles. The summed E-state index contributed by atoms with van der Waals surface area (Å²) in [4.78, 5) is 8.35. The monoisotopic (exact) mass is 264 g/mol. The summed E-state index contributed by atoms with van der Waals surface area (Å²) in [5.41, 5.74) is 5.85. The molecule has 2 heteroatoms. The van der Waals surface area contributed by atoms with Gasteiger partial charge in [0.05, 0.1) is 11.0 Å². The molecular formula is C18H20N2. The highest BCUT2D eigenvalue weighted by atomic mass is 14.9. The second-order valence-corrected chi connectivity index (χ2v) is 6.05. The molecule has 0 atom stereocenters. The Morgan fingerprint density at radius 3 is 2.40 bits per heavy atom. The minimum absolute atomic E-state index is 0.124. The van der Waals surface area contributed by atoms with Crippen molar-refractivity contribution in [1.82, 2.24) is 9.97 Å². The summed E-state index contributed by atoms with van der Waals surface area (Å²) in [5.74, 6) is 1.02. The van der Waals surface area contributed by atoms with Gasteiger partial charge in [0.2, 0.25) is 0 Å². The van der Waals surface area contributed by atoms with E-state index in [0.29, 0.717) is 0 Å². The predicted molar refractivity (Wildman–Crippen MR) is 84.1 cm³/mol. The van der Waals surface area contributed by atoms with Crippen LogP contribution in [0, 0.1) is 13.8 Å². The van der Waals surface area contributed by atoms with E-state index in [-0.39, 0.29) is 5.41 Å². The third-order valence-corrected chi connectivity index (χ3v) is 4.01. The lowest BCUT2D eigenvalue weighted by Crippen LogP contribution is -2.20. The number of rotatable bonds is 2. The van der Waals surface area contributed by atoms with Gasteiger partial charge in [-0.25, -0.2) is 4.98 Å². The molecule has 0 unspecified atom stereocenters. The van der Waals surface area contributed by atoms with Crippen LogP contribution in [0.2, 0.25) is 0 Å². The molecule has 1 N–H and O–H groups in total. The Morgan fingerprint density at radius 1 is 1.00 bits per heavy atom. The van der Waals surface area contributed by atoms with Crippen LogP contribution in [0.4, 0.5) is 0 Å². The van der Waals surface area contributed by atoms with Crippen LogP contribution in [-0.4, -0.2) is 9.97 Å². The predicted octanol–water partition coefficient (Wildman–Crippen LogP) is 4.51. The van der Waals surface area contributed by atoms with E-state index in [1.54, 1.807) is 0 Å². The second-order valence-electron chi connectivity index (χ2n) is 6.05. The molecule has 2 aromatic carbocycles. The summed E-state index contributed by atoms with van der Waals surface area (Å²) in [5, 5.41) is 0. The third-order valence-electron chi connectivity index (χ3n) is 4.01. The molecular weight excluding hydrogens is 244 g/mol. The molecule has 0 amide bonds. The molecule has 3 aromatic rings. The molecule has 102 valence electrons. The lowest BCUT2D eigenvalue weighted by Gasteiger charge is -2.22. The molecule has 0 aliphatic carbocycles. The average Bonchev–Trinajstić information content (AvgIpc) is 2.84. The van der Waals surface area contributed by atoms with Crippen molar-refractivity contribution in [2.75, 3.05) is 0 Å². The molecule has 0 fully saturated rings. The molecule has 1 heterocycles. The normalized spacial score (nSPS) is 12.0. The Morgan fingerprint density at radius 2 is 1.70 bits per heavy atom. The molecule has 0 aliphatic rings. The van der Waals surface area contributed by atoms with Crippen molar-refractivity contribution in [2.24, 2.45) is 0 Å². The standard InChI is InChI=1S/C18H20N2/c1-12-10-13(2)16-15(11-12)19-17(20-16)18(3,4)14-8-6-5-7-9-14/h5-11H,1-4H3,(H,19,20). The number of aromatic amines is 1. The molecule has 3 rings (SSSR count). The number of H-pyrrole nitrogens is 1. The molecule has 1 aromatic heterocycles. The van der Waals surface area contributed by atoms with Crippen LogP contribution < -0.4 is 0 Å².